The fourth-order valence-corrected chi connectivity index (χ4v) is 2.64. The van der Waals surface area contributed by atoms with Crippen LogP contribution >= 0.6 is 15.9 Å². The van der Waals surface area contributed by atoms with Crippen LogP contribution in [0.25, 0.3) is 0 Å². The molecule has 2 rings (SSSR count). The van der Waals surface area contributed by atoms with E-state index in [0.29, 0.717) is 0 Å². The Morgan fingerprint density at radius 3 is 2.47 bits per heavy atom. The summed E-state index contributed by atoms with van der Waals surface area (Å²) in [4.78, 5) is 6.70. The average molecular weight is 319 g/mol. The van der Waals surface area contributed by atoms with Crippen LogP contribution in [0.3, 0.4) is 0 Å². The number of halogens is 1. The van der Waals surface area contributed by atoms with Gasteiger partial charge < -0.3 is 0 Å². The van der Waals surface area contributed by atoms with Gasteiger partial charge in [-0.05, 0) is 23.6 Å². The Morgan fingerprint density at radius 1 is 1.05 bits per heavy atom. The van der Waals surface area contributed by atoms with E-state index in [1.54, 1.807) is 0 Å². The topological polar surface area (TPSA) is 16.1 Å². The minimum absolute atomic E-state index is 0.940. The molecular formula is C16H19BrN2. The highest BCUT2D eigenvalue weighted by atomic mass is 79.9. The zero-order valence-corrected chi connectivity index (χ0v) is 12.8. The lowest BCUT2D eigenvalue weighted by Gasteiger charge is -2.21. The van der Waals surface area contributed by atoms with Crippen molar-refractivity contribution in [2.75, 3.05) is 11.9 Å². The van der Waals surface area contributed by atoms with Crippen LogP contribution < -0.4 is 0 Å². The first kappa shape index (κ1) is 14.2. The van der Waals surface area contributed by atoms with Gasteiger partial charge in [-0.1, -0.05) is 52.3 Å². The van der Waals surface area contributed by atoms with Crippen LogP contribution in [0.2, 0.25) is 0 Å². The number of alkyl halides is 1. The number of nitrogens with zero attached hydrogens (tertiary/aromatic N) is 2. The van der Waals surface area contributed by atoms with Gasteiger partial charge in [0.25, 0.3) is 0 Å². The van der Waals surface area contributed by atoms with E-state index in [9.17, 15) is 0 Å². The number of aromatic nitrogens is 1. The van der Waals surface area contributed by atoms with Crippen molar-refractivity contribution in [2.45, 2.75) is 20.0 Å². The molecule has 0 atom stereocenters. The fourth-order valence-electron chi connectivity index (χ4n) is 2.14. The highest BCUT2D eigenvalue weighted by Gasteiger charge is 2.06. The molecule has 100 valence electrons. The summed E-state index contributed by atoms with van der Waals surface area (Å²) in [6.45, 7) is 5.03. The van der Waals surface area contributed by atoms with E-state index in [1.807, 2.05) is 12.4 Å². The molecular weight excluding hydrogens is 300 g/mol. The van der Waals surface area contributed by atoms with Crippen LogP contribution in [0.1, 0.15) is 16.7 Å². The zero-order chi connectivity index (χ0) is 13.5. The molecule has 0 bridgehead atoms. The molecule has 1 aromatic carbocycles. The van der Waals surface area contributed by atoms with Gasteiger partial charge in [-0.15, -0.1) is 0 Å². The molecule has 0 saturated heterocycles. The molecule has 0 radical (unpaired) electrons. The molecule has 19 heavy (non-hydrogen) atoms. The molecule has 0 aliphatic carbocycles. The maximum absolute atomic E-state index is 4.27. The number of benzene rings is 1. The van der Waals surface area contributed by atoms with Gasteiger partial charge >= 0.3 is 0 Å². The van der Waals surface area contributed by atoms with Crippen molar-refractivity contribution < 1.29 is 0 Å². The Morgan fingerprint density at radius 2 is 1.79 bits per heavy atom. The van der Waals surface area contributed by atoms with Gasteiger partial charge in [0.1, 0.15) is 0 Å². The maximum atomic E-state index is 4.27. The highest BCUT2D eigenvalue weighted by molar-refractivity contribution is 9.09. The van der Waals surface area contributed by atoms with Crippen LogP contribution in [0.5, 0.6) is 0 Å². The quantitative estimate of drug-likeness (QED) is 0.753. The number of aryl methyl sites for hydroxylation is 1. The summed E-state index contributed by atoms with van der Waals surface area (Å²) in [5, 5.41) is 0.985. The van der Waals surface area contributed by atoms with Crippen molar-refractivity contribution in [3.63, 3.8) is 0 Å². The summed E-state index contributed by atoms with van der Waals surface area (Å²) in [7, 11) is 0. The van der Waals surface area contributed by atoms with Gasteiger partial charge in [-0.3, -0.25) is 9.88 Å². The summed E-state index contributed by atoms with van der Waals surface area (Å²) >= 11 is 3.53. The van der Waals surface area contributed by atoms with Crippen molar-refractivity contribution in [3.05, 3.63) is 65.5 Å². The van der Waals surface area contributed by atoms with Gasteiger partial charge in [-0.2, -0.15) is 0 Å². The Hall–Kier alpha value is -1.19. The normalized spacial score (nSPS) is 10.9. The first-order valence-electron chi connectivity index (χ1n) is 6.50. The second kappa shape index (κ2) is 7.41. The highest BCUT2D eigenvalue weighted by Crippen LogP contribution is 2.10. The van der Waals surface area contributed by atoms with E-state index in [2.05, 4.69) is 69.1 Å². The Labute approximate surface area is 123 Å². The van der Waals surface area contributed by atoms with E-state index in [0.717, 1.165) is 25.0 Å². The van der Waals surface area contributed by atoms with E-state index < -0.39 is 0 Å². The first-order valence-corrected chi connectivity index (χ1v) is 7.63. The van der Waals surface area contributed by atoms with Gasteiger partial charge in [-0.25, -0.2) is 0 Å². The molecule has 3 heteroatoms. The summed E-state index contributed by atoms with van der Waals surface area (Å²) in [6, 6.07) is 12.8. The minimum Gasteiger partial charge on any atom is -0.294 e. The Kier molecular flexibility index (Phi) is 5.55. The summed E-state index contributed by atoms with van der Waals surface area (Å²) in [6.07, 6.45) is 3.86. The SMILES string of the molecule is Cc1cncc(CN(CCBr)Cc2ccccc2)c1. The van der Waals surface area contributed by atoms with Crippen LogP contribution in [-0.2, 0) is 13.1 Å². The van der Waals surface area contributed by atoms with E-state index in [1.165, 1.54) is 16.7 Å². The predicted octanol–water partition coefficient (Wildman–Crippen LogP) is 3.79. The lowest BCUT2D eigenvalue weighted by molar-refractivity contribution is 0.274. The number of pyridine rings is 1. The van der Waals surface area contributed by atoms with Gasteiger partial charge in [0.15, 0.2) is 0 Å². The third-order valence-electron chi connectivity index (χ3n) is 2.99. The van der Waals surface area contributed by atoms with E-state index in [-0.39, 0.29) is 0 Å². The number of rotatable bonds is 6. The third kappa shape index (κ3) is 4.77. The molecule has 0 spiro atoms. The van der Waals surface area contributed by atoms with Gasteiger partial charge in [0.05, 0.1) is 0 Å². The largest absolute Gasteiger partial charge is 0.294 e. The predicted molar refractivity (Wildman–Crippen MR) is 83.3 cm³/mol. The van der Waals surface area contributed by atoms with Crippen molar-refractivity contribution in [1.29, 1.82) is 0 Å². The zero-order valence-electron chi connectivity index (χ0n) is 11.2. The van der Waals surface area contributed by atoms with Crippen molar-refractivity contribution in [1.82, 2.24) is 9.88 Å². The Balaban J connectivity index is 2.04. The van der Waals surface area contributed by atoms with Gasteiger partial charge in [0.2, 0.25) is 0 Å². The van der Waals surface area contributed by atoms with E-state index >= 15 is 0 Å². The lowest BCUT2D eigenvalue weighted by atomic mass is 10.2. The molecule has 0 aliphatic rings. The molecule has 2 aromatic rings. The molecule has 0 unspecified atom stereocenters. The molecule has 0 fully saturated rings. The third-order valence-corrected chi connectivity index (χ3v) is 3.34. The van der Waals surface area contributed by atoms with Crippen molar-refractivity contribution >= 4 is 15.9 Å². The molecule has 0 amide bonds. The average Bonchev–Trinajstić information content (AvgIpc) is 2.40. The monoisotopic (exact) mass is 318 g/mol. The van der Waals surface area contributed by atoms with Crippen LogP contribution in [0.4, 0.5) is 0 Å². The van der Waals surface area contributed by atoms with Crippen molar-refractivity contribution in [3.8, 4) is 0 Å². The second-order valence-electron chi connectivity index (χ2n) is 4.76. The van der Waals surface area contributed by atoms with Gasteiger partial charge in [0, 0.05) is 37.4 Å². The lowest BCUT2D eigenvalue weighted by Crippen LogP contribution is -2.24. The summed E-state index contributed by atoms with van der Waals surface area (Å²) in [5.74, 6) is 0. The first-order chi connectivity index (χ1) is 9.28. The molecule has 0 N–H and O–H groups in total. The smallest absolute Gasteiger partial charge is 0.0313 e. The summed E-state index contributed by atoms with van der Waals surface area (Å²) in [5.41, 5.74) is 3.84. The number of hydrogen-bond donors (Lipinski definition) is 0. The molecule has 1 heterocycles. The minimum atomic E-state index is 0.940. The van der Waals surface area contributed by atoms with Crippen molar-refractivity contribution in [2.24, 2.45) is 0 Å². The standard InChI is InChI=1S/C16H19BrN2/c1-14-9-16(11-18-10-14)13-19(8-7-17)12-15-5-3-2-4-6-15/h2-6,9-11H,7-8,12-13H2,1H3. The summed E-state index contributed by atoms with van der Waals surface area (Å²) < 4.78 is 0. The fraction of sp³-hybridized carbons (Fsp3) is 0.312. The Bertz CT molecular complexity index is 499. The molecule has 1 aromatic heterocycles. The molecule has 2 nitrogen and oxygen atoms in total. The number of hydrogen-bond acceptors (Lipinski definition) is 2. The molecule has 0 saturated carbocycles. The van der Waals surface area contributed by atoms with E-state index in [4.69, 9.17) is 0 Å². The van der Waals surface area contributed by atoms with Crippen LogP contribution in [-0.4, -0.2) is 21.8 Å². The second-order valence-corrected chi connectivity index (χ2v) is 5.55. The molecule has 0 aliphatic heterocycles. The maximum Gasteiger partial charge on any atom is 0.0313 e. The van der Waals surface area contributed by atoms with Crippen LogP contribution in [0, 0.1) is 6.92 Å². The van der Waals surface area contributed by atoms with Crippen LogP contribution in [0.15, 0.2) is 48.8 Å².